The minimum Gasteiger partial charge on any atom is -0.497 e. The van der Waals surface area contributed by atoms with Crippen LogP contribution in [0, 0.1) is 11.6 Å². The molecule has 0 fully saturated rings. The topological polar surface area (TPSA) is 33.3 Å². The van der Waals surface area contributed by atoms with E-state index < -0.39 is 11.6 Å². The van der Waals surface area contributed by atoms with E-state index in [1.807, 2.05) is 0 Å². The molecule has 0 aromatic heterocycles. The van der Waals surface area contributed by atoms with Crippen LogP contribution in [0.2, 0.25) is 0 Å². The highest BCUT2D eigenvalue weighted by molar-refractivity contribution is 7.80. The van der Waals surface area contributed by atoms with E-state index in [9.17, 15) is 8.78 Å². The second-order valence-corrected chi connectivity index (χ2v) is 4.34. The summed E-state index contributed by atoms with van der Waals surface area (Å²) in [7, 11) is 1.55. The number of ether oxygens (including phenoxy) is 1. The van der Waals surface area contributed by atoms with Crippen LogP contribution in [-0.2, 0) is 0 Å². The van der Waals surface area contributed by atoms with Crippen molar-refractivity contribution >= 4 is 28.7 Å². The first kappa shape index (κ1) is 14.2. The molecule has 104 valence electrons. The van der Waals surface area contributed by atoms with Crippen molar-refractivity contribution in [3.63, 3.8) is 0 Å². The summed E-state index contributed by atoms with van der Waals surface area (Å²) < 4.78 is 31.6. The Kier molecular flexibility index (Phi) is 4.47. The van der Waals surface area contributed by atoms with Crippen LogP contribution in [0.15, 0.2) is 42.5 Å². The second kappa shape index (κ2) is 6.29. The molecule has 0 heterocycles. The van der Waals surface area contributed by atoms with E-state index in [1.165, 1.54) is 0 Å². The Hall–Kier alpha value is -2.21. The third kappa shape index (κ3) is 3.64. The third-order valence-corrected chi connectivity index (χ3v) is 2.71. The highest BCUT2D eigenvalue weighted by Gasteiger charge is 2.06. The monoisotopic (exact) mass is 294 g/mol. The van der Waals surface area contributed by atoms with Gasteiger partial charge in [-0.3, -0.25) is 0 Å². The molecule has 2 rings (SSSR count). The van der Waals surface area contributed by atoms with E-state index in [0.29, 0.717) is 11.4 Å². The van der Waals surface area contributed by atoms with Crippen LogP contribution in [-0.4, -0.2) is 12.2 Å². The van der Waals surface area contributed by atoms with Crippen molar-refractivity contribution in [1.29, 1.82) is 0 Å². The number of anilines is 2. The van der Waals surface area contributed by atoms with Crippen molar-refractivity contribution in [2.45, 2.75) is 0 Å². The minimum atomic E-state index is -0.582. The fraction of sp³-hybridized carbons (Fsp3) is 0.0714. The van der Waals surface area contributed by atoms with Gasteiger partial charge in [-0.1, -0.05) is 6.07 Å². The second-order valence-electron chi connectivity index (χ2n) is 3.94. The number of methoxy groups -OCH3 is 1. The molecule has 0 aliphatic heterocycles. The van der Waals surface area contributed by atoms with E-state index in [1.54, 1.807) is 31.4 Å². The Bertz CT molecular complexity index is 634. The zero-order valence-electron chi connectivity index (χ0n) is 10.6. The van der Waals surface area contributed by atoms with Crippen molar-refractivity contribution < 1.29 is 13.5 Å². The summed E-state index contributed by atoms with van der Waals surface area (Å²) in [6.07, 6.45) is 0. The van der Waals surface area contributed by atoms with Gasteiger partial charge in [0.05, 0.1) is 12.8 Å². The molecule has 20 heavy (non-hydrogen) atoms. The normalized spacial score (nSPS) is 9.95. The summed E-state index contributed by atoms with van der Waals surface area (Å²) in [4.78, 5) is 0. The van der Waals surface area contributed by atoms with Crippen LogP contribution in [0.3, 0.4) is 0 Å². The summed E-state index contributed by atoms with van der Waals surface area (Å²) in [6.45, 7) is 0. The van der Waals surface area contributed by atoms with Crippen molar-refractivity contribution in [3.8, 4) is 5.75 Å². The zero-order chi connectivity index (χ0) is 14.5. The average molecular weight is 294 g/mol. The molecule has 0 aliphatic rings. The van der Waals surface area contributed by atoms with Crippen LogP contribution >= 0.6 is 12.2 Å². The van der Waals surface area contributed by atoms with E-state index in [2.05, 4.69) is 10.6 Å². The highest BCUT2D eigenvalue weighted by Crippen LogP contribution is 2.18. The van der Waals surface area contributed by atoms with Gasteiger partial charge in [0.2, 0.25) is 0 Å². The Morgan fingerprint density at radius 3 is 2.65 bits per heavy atom. The van der Waals surface area contributed by atoms with Crippen LogP contribution in [0.25, 0.3) is 0 Å². The summed E-state index contributed by atoms with van der Waals surface area (Å²) in [5.74, 6) is -0.464. The molecule has 0 unspecified atom stereocenters. The van der Waals surface area contributed by atoms with Crippen LogP contribution in [0.4, 0.5) is 20.2 Å². The summed E-state index contributed by atoms with van der Waals surface area (Å²) in [5, 5.41) is 5.62. The molecule has 0 saturated carbocycles. The fourth-order valence-electron chi connectivity index (χ4n) is 1.58. The Morgan fingerprint density at radius 1 is 1.10 bits per heavy atom. The number of hydrogen-bond acceptors (Lipinski definition) is 2. The molecule has 0 spiro atoms. The van der Waals surface area contributed by atoms with Gasteiger partial charge in [-0.15, -0.1) is 0 Å². The molecular formula is C14H12F2N2OS. The first-order valence-electron chi connectivity index (χ1n) is 5.75. The Balaban J connectivity index is 2.07. The van der Waals surface area contributed by atoms with E-state index in [0.717, 1.165) is 18.2 Å². The van der Waals surface area contributed by atoms with Crippen LogP contribution in [0.1, 0.15) is 0 Å². The van der Waals surface area contributed by atoms with Gasteiger partial charge in [0.25, 0.3) is 0 Å². The number of thiocarbonyl (C=S) groups is 1. The van der Waals surface area contributed by atoms with Crippen molar-refractivity contribution in [2.75, 3.05) is 17.7 Å². The first-order chi connectivity index (χ1) is 9.58. The van der Waals surface area contributed by atoms with Gasteiger partial charge in [-0.05, 0) is 36.5 Å². The fourth-order valence-corrected chi connectivity index (χ4v) is 1.81. The molecule has 0 amide bonds. The SMILES string of the molecule is COc1cccc(NC(=S)Nc2cc(F)ccc2F)c1. The molecule has 0 aliphatic carbocycles. The Labute approximate surface area is 120 Å². The van der Waals surface area contributed by atoms with Gasteiger partial charge in [-0.2, -0.15) is 0 Å². The van der Waals surface area contributed by atoms with E-state index >= 15 is 0 Å². The molecule has 6 heteroatoms. The molecule has 0 bridgehead atoms. The van der Waals surface area contributed by atoms with Crippen LogP contribution in [0.5, 0.6) is 5.75 Å². The molecule has 3 nitrogen and oxygen atoms in total. The highest BCUT2D eigenvalue weighted by atomic mass is 32.1. The van der Waals surface area contributed by atoms with Crippen LogP contribution < -0.4 is 15.4 Å². The standard InChI is InChI=1S/C14H12F2N2OS/c1-19-11-4-2-3-10(8-11)17-14(20)18-13-7-9(15)5-6-12(13)16/h2-8H,1H3,(H2,17,18,20). The molecule has 0 saturated heterocycles. The lowest BCUT2D eigenvalue weighted by Gasteiger charge is -2.12. The molecule has 2 aromatic rings. The van der Waals surface area contributed by atoms with E-state index in [-0.39, 0.29) is 10.8 Å². The number of nitrogens with one attached hydrogen (secondary N) is 2. The predicted octanol–water partition coefficient (Wildman–Crippen LogP) is 3.78. The van der Waals surface area contributed by atoms with Crippen molar-refractivity contribution in [2.24, 2.45) is 0 Å². The average Bonchev–Trinajstić information content (AvgIpc) is 2.43. The first-order valence-corrected chi connectivity index (χ1v) is 6.16. The van der Waals surface area contributed by atoms with Crippen molar-refractivity contribution in [1.82, 2.24) is 0 Å². The molecule has 2 N–H and O–H groups in total. The van der Waals surface area contributed by atoms with Gasteiger partial charge >= 0.3 is 0 Å². The molecule has 0 radical (unpaired) electrons. The minimum absolute atomic E-state index is 0.0228. The summed E-state index contributed by atoms with van der Waals surface area (Å²) >= 11 is 5.05. The van der Waals surface area contributed by atoms with Gasteiger partial charge in [0, 0.05) is 17.8 Å². The number of halogens is 2. The third-order valence-electron chi connectivity index (χ3n) is 2.50. The van der Waals surface area contributed by atoms with Crippen molar-refractivity contribution in [3.05, 3.63) is 54.1 Å². The van der Waals surface area contributed by atoms with Gasteiger partial charge in [0.1, 0.15) is 17.4 Å². The van der Waals surface area contributed by atoms with Gasteiger partial charge in [0.15, 0.2) is 5.11 Å². The maximum absolute atomic E-state index is 13.5. The summed E-state index contributed by atoms with van der Waals surface area (Å²) in [5.41, 5.74) is 0.657. The number of benzene rings is 2. The predicted molar refractivity (Wildman–Crippen MR) is 79.2 cm³/mol. The zero-order valence-corrected chi connectivity index (χ0v) is 11.4. The lowest BCUT2D eigenvalue weighted by Crippen LogP contribution is -2.19. The molecular weight excluding hydrogens is 282 g/mol. The van der Waals surface area contributed by atoms with Gasteiger partial charge in [-0.25, -0.2) is 8.78 Å². The number of rotatable bonds is 3. The maximum atomic E-state index is 13.5. The Morgan fingerprint density at radius 2 is 1.90 bits per heavy atom. The lowest BCUT2D eigenvalue weighted by molar-refractivity contribution is 0.415. The maximum Gasteiger partial charge on any atom is 0.175 e. The molecule has 0 atom stereocenters. The van der Waals surface area contributed by atoms with E-state index in [4.69, 9.17) is 17.0 Å². The quantitative estimate of drug-likeness (QED) is 0.844. The largest absolute Gasteiger partial charge is 0.497 e. The van der Waals surface area contributed by atoms with Gasteiger partial charge < -0.3 is 15.4 Å². The number of hydrogen-bond donors (Lipinski definition) is 2. The smallest absolute Gasteiger partial charge is 0.175 e. The summed E-state index contributed by atoms with van der Waals surface area (Å²) in [6, 6.07) is 10.2. The molecule has 2 aromatic carbocycles. The lowest BCUT2D eigenvalue weighted by atomic mass is 10.3.